The Labute approximate surface area is 164 Å². The van der Waals surface area contributed by atoms with Crippen LogP contribution >= 0.6 is 39.7 Å². The normalized spacial score (nSPS) is 16.9. The van der Waals surface area contributed by atoms with Crippen molar-refractivity contribution in [1.82, 2.24) is 10.6 Å². The van der Waals surface area contributed by atoms with Gasteiger partial charge in [0.1, 0.15) is 0 Å². The van der Waals surface area contributed by atoms with Gasteiger partial charge in [-0.15, -0.1) is 0 Å². The minimum atomic E-state index is -0.346. The van der Waals surface area contributed by atoms with Gasteiger partial charge in [-0.05, 0) is 61.1 Å². The fourth-order valence-electron chi connectivity index (χ4n) is 2.63. The molecule has 0 fully saturated rings. The molecule has 2 aromatic rings. The number of hydrogen-bond acceptors (Lipinski definition) is 2. The van der Waals surface area contributed by atoms with Gasteiger partial charge in [-0.25, -0.2) is 0 Å². The molecule has 0 aromatic heterocycles. The van der Waals surface area contributed by atoms with E-state index in [1.54, 1.807) is 12.1 Å². The number of carbonyl (C=O) groups is 1. The summed E-state index contributed by atoms with van der Waals surface area (Å²) < 4.78 is 0.950. The van der Waals surface area contributed by atoms with E-state index in [2.05, 4.69) is 31.9 Å². The molecular formula is C18H15BrClN3OS. The van der Waals surface area contributed by atoms with Crippen molar-refractivity contribution in [2.75, 3.05) is 5.32 Å². The fraction of sp³-hybridized carbons (Fsp3) is 0.111. The number of nitrogens with one attached hydrogen (secondary N) is 3. The molecule has 1 atom stereocenters. The molecule has 0 radical (unpaired) electrons. The lowest BCUT2D eigenvalue weighted by Gasteiger charge is -2.30. The number of carbonyl (C=O) groups excluding carboxylic acids is 1. The van der Waals surface area contributed by atoms with Crippen LogP contribution in [0.5, 0.6) is 0 Å². The zero-order chi connectivity index (χ0) is 18.0. The predicted octanol–water partition coefficient (Wildman–Crippen LogP) is 4.53. The van der Waals surface area contributed by atoms with Gasteiger partial charge in [0.05, 0.1) is 11.6 Å². The summed E-state index contributed by atoms with van der Waals surface area (Å²) in [5.74, 6) is -0.192. The summed E-state index contributed by atoms with van der Waals surface area (Å²) in [7, 11) is 0. The summed E-state index contributed by atoms with van der Waals surface area (Å²) in [6, 6.07) is 14.4. The second-order valence-corrected chi connectivity index (χ2v) is 7.34. The van der Waals surface area contributed by atoms with Crippen molar-refractivity contribution < 1.29 is 4.79 Å². The van der Waals surface area contributed by atoms with Crippen LogP contribution in [0.25, 0.3) is 0 Å². The number of amides is 1. The Morgan fingerprint density at radius 1 is 1.16 bits per heavy atom. The quantitative estimate of drug-likeness (QED) is 0.619. The number of halogens is 2. The molecule has 2 aromatic carbocycles. The molecule has 1 amide bonds. The molecule has 0 spiro atoms. The molecule has 0 unspecified atom stereocenters. The maximum absolute atomic E-state index is 12.9. The summed E-state index contributed by atoms with van der Waals surface area (Å²) in [5, 5.41) is 10.2. The monoisotopic (exact) mass is 435 g/mol. The Morgan fingerprint density at radius 2 is 1.80 bits per heavy atom. The van der Waals surface area contributed by atoms with Gasteiger partial charge in [-0.1, -0.05) is 39.7 Å². The van der Waals surface area contributed by atoms with Crippen LogP contribution in [0.1, 0.15) is 18.5 Å². The van der Waals surface area contributed by atoms with E-state index < -0.39 is 0 Å². The number of rotatable bonds is 3. The maximum atomic E-state index is 12.9. The molecule has 25 heavy (non-hydrogen) atoms. The Hall–Kier alpha value is -1.89. The van der Waals surface area contributed by atoms with E-state index in [1.807, 2.05) is 43.3 Å². The third kappa shape index (κ3) is 4.21. The third-order valence-electron chi connectivity index (χ3n) is 3.82. The summed E-state index contributed by atoms with van der Waals surface area (Å²) in [4.78, 5) is 12.9. The number of allylic oxidation sites excluding steroid dienone is 1. The van der Waals surface area contributed by atoms with E-state index in [9.17, 15) is 4.79 Å². The van der Waals surface area contributed by atoms with Crippen molar-refractivity contribution in [2.24, 2.45) is 0 Å². The Kier molecular flexibility index (Phi) is 5.42. The summed E-state index contributed by atoms with van der Waals surface area (Å²) >= 11 is 14.6. The van der Waals surface area contributed by atoms with E-state index in [-0.39, 0.29) is 11.9 Å². The van der Waals surface area contributed by atoms with Gasteiger partial charge in [0, 0.05) is 20.9 Å². The second-order valence-electron chi connectivity index (χ2n) is 5.58. The molecule has 7 heteroatoms. The molecular weight excluding hydrogens is 422 g/mol. The van der Waals surface area contributed by atoms with Gasteiger partial charge in [-0.2, -0.15) is 0 Å². The van der Waals surface area contributed by atoms with Crippen LogP contribution in [0.2, 0.25) is 5.02 Å². The Morgan fingerprint density at radius 3 is 2.44 bits per heavy atom. The Balaban J connectivity index is 1.92. The van der Waals surface area contributed by atoms with E-state index >= 15 is 0 Å². The minimum absolute atomic E-state index is 0.192. The van der Waals surface area contributed by atoms with Gasteiger partial charge in [0.2, 0.25) is 0 Å². The molecule has 1 aliphatic rings. The van der Waals surface area contributed by atoms with Gasteiger partial charge < -0.3 is 16.0 Å². The zero-order valence-electron chi connectivity index (χ0n) is 13.3. The summed E-state index contributed by atoms with van der Waals surface area (Å²) in [6.07, 6.45) is 0. The van der Waals surface area contributed by atoms with Gasteiger partial charge >= 0.3 is 0 Å². The van der Waals surface area contributed by atoms with Crippen LogP contribution < -0.4 is 16.0 Å². The van der Waals surface area contributed by atoms with Crippen LogP contribution in [-0.4, -0.2) is 11.0 Å². The lowest BCUT2D eigenvalue weighted by atomic mass is 9.95. The van der Waals surface area contributed by atoms with Crippen molar-refractivity contribution in [1.29, 1.82) is 0 Å². The molecule has 0 saturated heterocycles. The van der Waals surface area contributed by atoms with Crippen molar-refractivity contribution >= 4 is 56.5 Å². The van der Waals surface area contributed by atoms with Gasteiger partial charge in [0.15, 0.2) is 5.11 Å². The van der Waals surface area contributed by atoms with Crippen molar-refractivity contribution in [2.45, 2.75) is 13.0 Å². The first-order valence-electron chi connectivity index (χ1n) is 7.54. The topological polar surface area (TPSA) is 53.2 Å². The molecule has 4 nitrogen and oxygen atoms in total. The van der Waals surface area contributed by atoms with E-state index in [4.69, 9.17) is 23.8 Å². The third-order valence-corrected chi connectivity index (χ3v) is 4.82. The van der Waals surface area contributed by atoms with E-state index in [0.717, 1.165) is 21.4 Å². The summed E-state index contributed by atoms with van der Waals surface area (Å²) in [6.45, 7) is 1.84. The first kappa shape index (κ1) is 17.9. The van der Waals surface area contributed by atoms with Crippen molar-refractivity contribution in [3.63, 3.8) is 0 Å². The van der Waals surface area contributed by atoms with Crippen molar-refractivity contribution in [3.05, 3.63) is 74.9 Å². The first-order valence-corrected chi connectivity index (χ1v) is 9.12. The van der Waals surface area contributed by atoms with Gasteiger partial charge in [-0.3, -0.25) is 4.79 Å². The second kappa shape index (κ2) is 7.56. The van der Waals surface area contributed by atoms with Crippen LogP contribution in [0.3, 0.4) is 0 Å². The Bertz CT molecular complexity index is 850. The highest BCUT2D eigenvalue weighted by atomic mass is 79.9. The number of anilines is 1. The molecule has 0 aliphatic carbocycles. The minimum Gasteiger partial charge on any atom is -0.351 e. The van der Waals surface area contributed by atoms with Crippen molar-refractivity contribution in [3.8, 4) is 0 Å². The lowest BCUT2D eigenvalue weighted by molar-refractivity contribution is -0.113. The number of hydrogen-bond donors (Lipinski definition) is 3. The average molecular weight is 437 g/mol. The molecule has 128 valence electrons. The smallest absolute Gasteiger partial charge is 0.255 e. The van der Waals surface area contributed by atoms with Crippen LogP contribution in [0, 0.1) is 0 Å². The molecule has 1 aliphatic heterocycles. The molecule has 1 heterocycles. The highest BCUT2D eigenvalue weighted by Gasteiger charge is 2.29. The highest BCUT2D eigenvalue weighted by Crippen LogP contribution is 2.28. The molecule has 0 saturated carbocycles. The molecule has 3 N–H and O–H groups in total. The van der Waals surface area contributed by atoms with Crippen LogP contribution in [0.4, 0.5) is 5.69 Å². The largest absolute Gasteiger partial charge is 0.351 e. The van der Waals surface area contributed by atoms with E-state index in [1.165, 1.54) is 0 Å². The number of thiocarbonyl (C=S) groups is 1. The summed E-state index contributed by atoms with van der Waals surface area (Å²) in [5.41, 5.74) is 2.93. The predicted molar refractivity (Wildman–Crippen MR) is 109 cm³/mol. The zero-order valence-corrected chi connectivity index (χ0v) is 16.4. The van der Waals surface area contributed by atoms with Gasteiger partial charge in [0.25, 0.3) is 5.91 Å². The lowest BCUT2D eigenvalue weighted by Crippen LogP contribution is -2.45. The molecule has 0 bridgehead atoms. The SMILES string of the molecule is CC1=C(C(=O)Nc2ccc(Br)cc2)[C@@H](c2ccc(Cl)cc2)NC(=S)N1. The number of benzene rings is 2. The van der Waals surface area contributed by atoms with Crippen LogP contribution in [0.15, 0.2) is 64.3 Å². The fourth-order valence-corrected chi connectivity index (χ4v) is 3.29. The average Bonchev–Trinajstić information content (AvgIpc) is 2.57. The molecule has 3 rings (SSSR count). The standard InChI is InChI=1S/C18H15BrClN3OS/c1-10-15(17(24)22-14-8-4-12(19)5-9-14)16(23-18(25)21-10)11-2-6-13(20)7-3-11/h2-9,16H,1H3,(H,22,24)(H2,21,23,25)/t16-/m1/s1. The van der Waals surface area contributed by atoms with E-state index in [0.29, 0.717) is 15.7 Å². The van der Waals surface area contributed by atoms with Crippen LogP contribution in [-0.2, 0) is 4.79 Å². The maximum Gasteiger partial charge on any atom is 0.255 e. The highest BCUT2D eigenvalue weighted by molar-refractivity contribution is 9.10. The first-order chi connectivity index (χ1) is 11.9.